The first-order valence-electron chi connectivity index (χ1n) is 4.59. The maximum absolute atomic E-state index is 5.62. The molecule has 0 aliphatic rings. The molecular weight excluding hydrogens is 208 g/mol. The van der Waals surface area contributed by atoms with Gasteiger partial charge in [0.15, 0.2) is 0 Å². The van der Waals surface area contributed by atoms with Gasteiger partial charge in [-0.15, -0.1) is 11.3 Å². The average molecular weight is 220 g/mol. The molecule has 0 aromatic carbocycles. The predicted molar refractivity (Wildman–Crippen MR) is 62.8 cm³/mol. The van der Waals surface area contributed by atoms with Gasteiger partial charge in [-0.25, -0.2) is 4.98 Å². The fourth-order valence-electron chi connectivity index (χ4n) is 1.28. The van der Waals surface area contributed by atoms with Crippen LogP contribution >= 0.6 is 11.3 Å². The highest BCUT2D eigenvalue weighted by Gasteiger charge is 2.00. The summed E-state index contributed by atoms with van der Waals surface area (Å²) in [6.45, 7) is 2.74. The summed E-state index contributed by atoms with van der Waals surface area (Å²) in [4.78, 5) is 9.42. The van der Waals surface area contributed by atoms with Crippen molar-refractivity contribution in [1.82, 2.24) is 9.97 Å². The Morgan fingerprint density at radius 3 is 3.00 bits per heavy atom. The van der Waals surface area contributed by atoms with E-state index in [2.05, 4.69) is 15.3 Å². The van der Waals surface area contributed by atoms with Gasteiger partial charge in [-0.2, -0.15) is 0 Å². The van der Waals surface area contributed by atoms with E-state index in [1.807, 2.05) is 24.7 Å². The van der Waals surface area contributed by atoms with Gasteiger partial charge in [-0.05, 0) is 18.6 Å². The summed E-state index contributed by atoms with van der Waals surface area (Å²) in [5, 5.41) is 3.25. The van der Waals surface area contributed by atoms with E-state index in [1.165, 1.54) is 4.88 Å². The number of hydrogen-bond donors (Lipinski definition) is 2. The summed E-state index contributed by atoms with van der Waals surface area (Å²) < 4.78 is 0. The quantitative estimate of drug-likeness (QED) is 0.830. The van der Waals surface area contributed by atoms with Gasteiger partial charge >= 0.3 is 0 Å². The van der Waals surface area contributed by atoms with Crippen LogP contribution in [0.5, 0.6) is 0 Å². The molecule has 0 atom stereocenters. The van der Waals surface area contributed by atoms with Crippen LogP contribution < -0.4 is 11.1 Å². The molecular formula is C10H12N4S. The molecule has 0 saturated carbocycles. The summed E-state index contributed by atoms with van der Waals surface area (Å²) in [6.07, 6.45) is 3.51. The van der Waals surface area contributed by atoms with E-state index in [0.29, 0.717) is 5.69 Å². The fraction of sp³-hybridized carbons (Fsp3) is 0.200. The Bertz CT molecular complexity index is 439. The summed E-state index contributed by atoms with van der Waals surface area (Å²) >= 11 is 1.63. The van der Waals surface area contributed by atoms with Gasteiger partial charge in [0.05, 0.1) is 23.9 Å². The van der Waals surface area contributed by atoms with Gasteiger partial charge in [0.25, 0.3) is 0 Å². The lowest BCUT2D eigenvalue weighted by atomic mass is 10.2. The first-order valence-corrected chi connectivity index (χ1v) is 5.47. The predicted octanol–water partition coefficient (Wildman–Crippen LogP) is 2.04. The lowest BCUT2D eigenvalue weighted by molar-refractivity contribution is 1.11. The van der Waals surface area contributed by atoms with Crippen molar-refractivity contribution in [2.45, 2.75) is 13.5 Å². The lowest BCUT2D eigenvalue weighted by Crippen LogP contribution is -2.02. The van der Waals surface area contributed by atoms with Crippen LogP contribution in [0.3, 0.4) is 0 Å². The van der Waals surface area contributed by atoms with E-state index in [4.69, 9.17) is 5.73 Å². The number of nitrogens with one attached hydrogen (secondary N) is 1. The maximum Gasteiger partial charge on any atom is 0.129 e. The molecule has 2 aromatic rings. The highest BCUT2D eigenvalue weighted by atomic mass is 32.1. The maximum atomic E-state index is 5.62. The SMILES string of the molecule is Cc1cc(N)cnc1NCc1cncs1. The Balaban J connectivity index is 2.05. The van der Waals surface area contributed by atoms with Crippen molar-refractivity contribution in [3.05, 3.63) is 34.4 Å². The molecule has 15 heavy (non-hydrogen) atoms. The zero-order valence-electron chi connectivity index (χ0n) is 8.40. The largest absolute Gasteiger partial charge is 0.397 e. The minimum absolute atomic E-state index is 0.691. The van der Waals surface area contributed by atoms with Crippen LogP contribution in [0, 0.1) is 6.92 Å². The third kappa shape index (κ3) is 2.44. The van der Waals surface area contributed by atoms with Crippen molar-refractivity contribution in [2.24, 2.45) is 0 Å². The van der Waals surface area contributed by atoms with Gasteiger partial charge in [-0.3, -0.25) is 4.98 Å². The molecule has 0 bridgehead atoms. The molecule has 5 heteroatoms. The second-order valence-electron chi connectivity index (χ2n) is 3.26. The van der Waals surface area contributed by atoms with Gasteiger partial charge in [0, 0.05) is 11.1 Å². The summed E-state index contributed by atoms with van der Waals surface area (Å²) in [7, 11) is 0. The molecule has 78 valence electrons. The number of hydrogen-bond acceptors (Lipinski definition) is 5. The number of thiazole rings is 1. The molecule has 0 aliphatic carbocycles. The third-order valence-corrected chi connectivity index (χ3v) is 2.79. The zero-order chi connectivity index (χ0) is 10.7. The van der Waals surface area contributed by atoms with E-state index in [-0.39, 0.29) is 0 Å². The average Bonchev–Trinajstić information content (AvgIpc) is 2.69. The molecule has 3 N–H and O–H groups in total. The summed E-state index contributed by atoms with van der Waals surface area (Å²) in [6, 6.07) is 1.90. The number of anilines is 2. The minimum Gasteiger partial charge on any atom is -0.397 e. The molecule has 0 unspecified atom stereocenters. The van der Waals surface area contributed by atoms with Gasteiger partial charge in [-0.1, -0.05) is 0 Å². The Morgan fingerprint density at radius 1 is 1.47 bits per heavy atom. The third-order valence-electron chi connectivity index (χ3n) is 2.01. The van der Waals surface area contributed by atoms with E-state index in [0.717, 1.165) is 17.9 Å². The summed E-state index contributed by atoms with van der Waals surface area (Å²) in [5.41, 5.74) is 9.19. The second-order valence-corrected chi connectivity index (χ2v) is 4.23. The molecule has 2 rings (SSSR count). The van der Waals surface area contributed by atoms with Crippen molar-refractivity contribution < 1.29 is 0 Å². The number of rotatable bonds is 3. The van der Waals surface area contributed by atoms with Gasteiger partial charge < -0.3 is 11.1 Å². The Labute approximate surface area is 92.2 Å². The Morgan fingerprint density at radius 2 is 2.33 bits per heavy atom. The summed E-state index contributed by atoms with van der Waals surface area (Å²) in [5.74, 6) is 0.873. The number of nitrogens with zero attached hydrogens (tertiary/aromatic N) is 2. The molecule has 0 spiro atoms. The van der Waals surface area contributed by atoms with Crippen LogP contribution in [0.25, 0.3) is 0 Å². The first-order chi connectivity index (χ1) is 7.25. The van der Waals surface area contributed by atoms with Crippen molar-refractivity contribution >= 4 is 22.8 Å². The number of pyridine rings is 1. The minimum atomic E-state index is 0.691. The Hall–Kier alpha value is -1.62. The van der Waals surface area contributed by atoms with Crippen LogP contribution in [0.2, 0.25) is 0 Å². The monoisotopic (exact) mass is 220 g/mol. The number of nitrogens with two attached hydrogens (primary N) is 1. The smallest absolute Gasteiger partial charge is 0.129 e. The number of aryl methyl sites for hydroxylation is 1. The van der Waals surface area contributed by atoms with Crippen LogP contribution in [-0.2, 0) is 6.54 Å². The molecule has 0 saturated heterocycles. The number of nitrogen functional groups attached to an aromatic ring is 1. The van der Waals surface area contributed by atoms with Crippen LogP contribution in [0.1, 0.15) is 10.4 Å². The van der Waals surface area contributed by atoms with E-state index in [1.54, 1.807) is 17.5 Å². The van der Waals surface area contributed by atoms with Crippen LogP contribution in [0.15, 0.2) is 24.0 Å². The highest BCUT2D eigenvalue weighted by molar-refractivity contribution is 7.09. The normalized spacial score (nSPS) is 10.2. The Kier molecular flexibility index (Phi) is 2.82. The number of aromatic nitrogens is 2. The van der Waals surface area contributed by atoms with Crippen molar-refractivity contribution in [2.75, 3.05) is 11.1 Å². The topological polar surface area (TPSA) is 63.8 Å². The lowest BCUT2D eigenvalue weighted by Gasteiger charge is -2.07. The second kappa shape index (κ2) is 4.27. The molecule has 0 radical (unpaired) electrons. The molecule has 2 heterocycles. The fourth-order valence-corrected chi connectivity index (χ4v) is 1.82. The van der Waals surface area contributed by atoms with E-state index >= 15 is 0 Å². The molecule has 0 fully saturated rings. The van der Waals surface area contributed by atoms with Crippen molar-refractivity contribution in [3.8, 4) is 0 Å². The van der Waals surface area contributed by atoms with E-state index in [9.17, 15) is 0 Å². The highest BCUT2D eigenvalue weighted by Crippen LogP contribution is 2.15. The van der Waals surface area contributed by atoms with Crippen molar-refractivity contribution in [1.29, 1.82) is 0 Å². The molecule has 0 aliphatic heterocycles. The van der Waals surface area contributed by atoms with Crippen LogP contribution in [-0.4, -0.2) is 9.97 Å². The molecule has 2 aromatic heterocycles. The zero-order valence-corrected chi connectivity index (χ0v) is 9.21. The first kappa shape index (κ1) is 9.92. The van der Waals surface area contributed by atoms with E-state index < -0.39 is 0 Å². The van der Waals surface area contributed by atoms with Gasteiger partial charge in [0.2, 0.25) is 0 Å². The standard InChI is InChI=1S/C10H12N4S/c1-7-2-8(11)3-13-10(7)14-5-9-4-12-6-15-9/h2-4,6H,5,11H2,1H3,(H,13,14). The van der Waals surface area contributed by atoms with Crippen molar-refractivity contribution in [3.63, 3.8) is 0 Å². The molecule has 4 nitrogen and oxygen atoms in total. The van der Waals surface area contributed by atoms with Gasteiger partial charge in [0.1, 0.15) is 5.82 Å². The molecule has 0 amide bonds. The van der Waals surface area contributed by atoms with Crippen LogP contribution in [0.4, 0.5) is 11.5 Å².